The summed E-state index contributed by atoms with van der Waals surface area (Å²) in [6.45, 7) is 6.67. The lowest BCUT2D eigenvalue weighted by Crippen LogP contribution is -2.00. The Morgan fingerprint density at radius 2 is 1.33 bits per heavy atom. The standard InChI is InChI=1S/C41H40F5NO3S/c1-3-5-6-11-28(12-7-9-22-49-31-16-14-29(15-17-31)34-20-21-38(48-4-2)40(46)39(34)45)13-8-10-23-50-32-18-19-33(35(42)26-32)30-24-36(43)41(47-27-51)37(44)25-30/h3,11,14-21,24-26H,1,4-10,12-13,22-23H2,2H3/b28-11+. The summed E-state index contributed by atoms with van der Waals surface area (Å²) < 4.78 is 89.0. The average molecular weight is 722 g/mol. The topological polar surface area (TPSA) is 40.0 Å². The van der Waals surface area contributed by atoms with Gasteiger partial charge in [0.2, 0.25) is 5.82 Å². The predicted octanol–water partition coefficient (Wildman–Crippen LogP) is 12.5. The lowest BCUT2D eigenvalue weighted by Gasteiger charge is -2.12. The van der Waals surface area contributed by atoms with Crippen molar-refractivity contribution >= 4 is 23.1 Å². The van der Waals surface area contributed by atoms with Crippen molar-refractivity contribution in [3.8, 4) is 39.5 Å². The van der Waals surface area contributed by atoms with Crippen LogP contribution in [0.2, 0.25) is 0 Å². The van der Waals surface area contributed by atoms with Crippen molar-refractivity contribution in [3.05, 3.63) is 120 Å². The van der Waals surface area contributed by atoms with Gasteiger partial charge in [-0.1, -0.05) is 29.9 Å². The SMILES string of the molecule is C=CCC/C=C(\CCCCOc1ccc(-c2ccc(OCC)c(F)c2F)cc1)CCCCOc1ccc(-c2cc(F)c(N=C=S)c(F)c2)c(F)c1. The van der Waals surface area contributed by atoms with E-state index in [1.807, 2.05) is 11.2 Å². The third kappa shape index (κ3) is 11.4. The van der Waals surface area contributed by atoms with Gasteiger partial charge >= 0.3 is 0 Å². The monoisotopic (exact) mass is 721 g/mol. The van der Waals surface area contributed by atoms with Crippen molar-refractivity contribution < 1.29 is 36.2 Å². The third-order valence-electron chi connectivity index (χ3n) is 8.06. The van der Waals surface area contributed by atoms with Crippen LogP contribution in [-0.2, 0) is 0 Å². The van der Waals surface area contributed by atoms with Crippen LogP contribution in [0, 0.1) is 29.1 Å². The summed E-state index contributed by atoms with van der Waals surface area (Å²) in [6.07, 6.45) is 11.2. The van der Waals surface area contributed by atoms with Crippen LogP contribution in [0.3, 0.4) is 0 Å². The molecule has 0 unspecified atom stereocenters. The maximum absolute atomic E-state index is 14.9. The first-order valence-corrected chi connectivity index (χ1v) is 17.3. The Labute approximate surface area is 301 Å². The zero-order chi connectivity index (χ0) is 36.6. The zero-order valence-corrected chi connectivity index (χ0v) is 29.3. The van der Waals surface area contributed by atoms with E-state index in [-0.39, 0.29) is 29.0 Å². The van der Waals surface area contributed by atoms with Crippen molar-refractivity contribution in [3.63, 3.8) is 0 Å². The van der Waals surface area contributed by atoms with Crippen LogP contribution < -0.4 is 14.2 Å². The number of hydrogen-bond acceptors (Lipinski definition) is 5. The van der Waals surface area contributed by atoms with Crippen LogP contribution in [0.5, 0.6) is 17.2 Å². The number of nitrogens with zero attached hydrogens (tertiary/aromatic N) is 1. The highest BCUT2D eigenvalue weighted by Crippen LogP contribution is 2.33. The molecule has 4 aromatic carbocycles. The molecule has 4 rings (SSSR count). The molecular weight excluding hydrogens is 682 g/mol. The van der Waals surface area contributed by atoms with Crippen LogP contribution in [0.4, 0.5) is 27.6 Å². The van der Waals surface area contributed by atoms with Gasteiger partial charge in [-0.3, -0.25) is 0 Å². The second kappa shape index (κ2) is 20.2. The fraction of sp³-hybridized carbons (Fsp3) is 0.293. The molecule has 268 valence electrons. The van der Waals surface area contributed by atoms with Crippen molar-refractivity contribution in [1.29, 1.82) is 0 Å². The van der Waals surface area contributed by atoms with E-state index < -0.39 is 34.8 Å². The number of isothiocyanates is 1. The third-order valence-corrected chi connectivity index (χ3v) is 8.15. The first kappa shape index (κ1) is 39.0. The molecule has 0 aliphatic carbocycles. The number of hydrogen-bond donors (Lipinski definition) is 0. The minimum atomic E-state index is -1.00. The highest BCUT2D eigenvalue weighted by Gasteiger charge is 2.16. The van der Waals surface area contributed by atoms with Gasteiger partial charge in [0.25, 0.3) is 0 Å². The number of allylic oxidation sites excluding steroid dienone is 3. The number of halogens is 5. The number of rotatable bonds is 20. The highest BCUT2D eigenvalue weighted by atomic mass is 32.1. The molecule has 0 saturated carbocycles. The molecule has 0 aliphatic heterocycles. The van der Waals surface area contributed by atoms with E-state index in [0.717, 1.165) is 63.5 Å². The Hall–Kier alpha value is -4.79. The molecule has 0 amide bonds. The molecule has 10 heteroatoms. The van der Waals surface area contributed by atoms with Crippen LogP contribution in [0.15, 0.2) is 96.0 Å². The van der Waals surface area contributed by atoms with Crippen molar-refractivity contribution in [2.24, 2.45) is 4.99 Å². The summed E-state index contributed by atoms with van der Waals surface area (Å²) in [7, 11) is 0. The fourth-order valence-corrected chi connectivity index (χ4v) is 5.56. The molecule has 0 spiro atoms. The zero-order valence-electron chi connectivity index (χ0n) is 28.5. The predicted molar refractivity (Wildman–Crippen MR) is 196 cm³/mol. The molecule has 0 aliphatic rings. The molecule has 4 nitrogen and oxygen atoms in total. The molecule has 0 atom stereocenters. The van der Waals surface area contributed by atoms with Crippen LogP contribution in [0.1, 0.15) is 58.3 Å². The smallest absolute Gasteiger partial charge is 0.201 e. The minimum Gasteiger partial charge on any atom is -0.494 e. The van der Waals surface area contributed by atoms with Gasteiger partial charge in [-0.2, -0.15) is 9.38 Å². The average Bonchev–Trinajstić information content (AvgIpc) is 3.12. The van der Waals surface area contributed by atoms with Gasteiger partial charge in [0.1, 0.15) is 23.0 Å². The van der Waals surface area contributed by atoms with Gasteiger partial charge in [0.05, 0.1) is 25.0 Å². The van der Waals surface area contributed by atoms with E-state index in [9.17, 15) is 22.0 Å². The van der Waals surface area contributed by atoms with E-state index in [4.69, 9.17) is 14.2 Å². The fourth-order valence-electron chi connectivity index (χ4n) is 5.47. The Balaban J connectivity index is 1.20. The molecule has 0 N–H and O–H groups in total. The summed E-state index contributed by atoms with van der Waals surface area (Å²) in [5.74, 6) is -3.67. The van der Waals surface area contributed by atoms with Gasteiger partial charge in [-0.05, 0) is 130 Å². The molecule has 0 bridgehead atoms. The molecular formula is C41H40F5NO3S. The largest absolute Gasteiger partial charge is 0.494 e. The van der Waals surface area contributed by atoms with Crippen molar-refractivity contribution in [2.45, 2.75) is 58.3 Å². The molecule has 4 aromatic rings. The number of thiocarbonyl (C=S) groups is 1. The Morgan fingerprint density at radius 3 is 1.94 bits per heavy atom. The molecule has 0 heterocycles. The van der Waals surface area contributed by atoms with E-state index in [1.165, 1.54) is 29.8 Å². The van der Waals surface area contributed by atoms with Crippen LogP contribution >= 0.6 is 12.2 Å². The van der Waals surface area contributed by atoms with Gasteiger partial charge < -0.3 is 14.2 Å². The molecule has 0 fully saturated rings. The van der Waals surface area contributed by atoms with Gasteiger partial charge in [0.15, 0.2) is 23.2 Å². The summed E-state index contributed by atoms with van der Waals surface area (Å²) >= 11 is 4.41. The Morgan fingerprint density at radius 1 is 0.706 bits per heavy atom. The second-order valence-corrected chi connectivity index (χ2v) is 11.9. The van der Waals surface area contributed by atoms with Crippen LogP contribution in [0.25, 0.3) is 22.3 Å². The first-order valence-electron chi connectivity index (χ1n) is 16.9. The van der Waals surface area contributed by atoms with Gasteiger partial charge in [-0.15, -0.1) is 6.58 Å². The normalized spacial score (nSPS) is 11.2. The maximum atomic E-state index is 14.9. The van der Waals surface area contributed by atoms with Gasteiger partial charge in [0, 0.05) is 17.2 Å². The maximum Gasteiger partial charge on any atom is 0.201 e. The van der Waals surface area contributed by atoms with Crippen LogP contribution in [-0.4, -0.2) is 25.0 Å². The lowest BCUT2D eigenvalue weighted by atomic mass is 10.0. The Kier molecular flexibility index (Phi) is 15.4. The summed E-state index contributed by atoms with van der Waals surface area (Å²) in [5, 5.41) is 1.93. The Bertz CT molecular complexity index is 1830. The molecule has 0 saturated heterocycles. The molecule has 0 aromatic heterocycles. The second-order valence-electron chi connectivity index (χ2n) is 11.7. The van der Waals surface area contributed by atoms with Crippen molar-refractivity contribution in [2.75, 3.05) is 19.8 Å². The van der Waals surface area contributed by atoms with E-state index in [2.05, 4.69) is 29.9 Å². The molecule has 51 heavy (non-hydrogen) atoms. The highest BCUT2D eigenvalue weighted by molar-refractivity contribution is 7.78. The molecule has 0 radical (unpaired) electrons. The first-order chi connectivity index (χ1) is 24.7. The minimum absolute atomic E-state index is 0.0326. The summed E-state index contributed by atoms with van der Waals surface area (Å²) in [5.41, 5.74) is 1.54. The quantitative estimate of drug-likeness (QED) is 0.0299. The van der Waals surface area contributed by atoms with Gasteiger partial charge in [-0.25, -0.2) is 17.6 Å². The van der Waals surface area contributed by atoms with E-state index in [1.54, 1.807) is 37.3 Å². The number of ether oxygens (including phenoxy) is 3. The van der Waals surface area contributed by atoms with E-state index in [0.29, 0.717) is 30.3 Å². The summed E-state index contributed by atoms with van der Waals surface area (Å²) in [4.78, 5) is 3.38. The number of aliphatic imine (C=N–C) groups is 1. The number of benzene rings is 4. The summed E-state index contributed by atoms with van der Waals surface area (Å²) in [6, 6.07) is 16.0. The number of unbranched alkanes of at least 4 members (excludes halogenated alkanes) is 3. The lowest BCUT2D eigenvalue weighted by molar-refractivity contribution is 0.303. The van der Waals surface area contributed by atoms with E-state index >= 15 is 0 Å². The van der Waals surface area contributed by atoms with Crippen molar-refractivity contribution in [1.82, 2.24) is 0 Å².